The molecule has 1 heterocycles. The number of benzene rings is 1. The van der Waals surface area contributed by atoms with Gasteiger partial charge in [0, 0.05) is 41.8 Å². The molecule has 3 rings (SSSR count). The third-order valence-corrected chi connectivity index (χ3v) is 3.77. The molecule has 0 spiro atoms. The summed E-state index contributed by atoms with van der Waals surface area (Å²) < 4.78 is 7.15. The van der Waals surface area contributed by atoms with Crippen LogP contribution >= 0.6 is 11.6 Å². The molecule has 0 bridgehead atoms. The van der Waals surface area contributed by atoms with Crippen LogP contribution in [0.25, 0.3) is 10.9 Å². The van der Waals surface area contributed by atoms with Gasteiger partial charge in [0.25, 0.3) is 5.91 Å². The molecule has 4 nitrogen and oxygen atoms in total. The summed E-state index contributed by atoms with van der Waals surface area (Å²) in [7, 11) is 1.67. The number of hydrogen-bond donors (Lipinski definition) is 1. The van der Waals surface area contributed by atoms with Gasteiger partial charge < -0.3 is 14.6 Å². The van der Waals surface area contributed by atoms with Crippen molar-refractivity contribution >= 4 is 28.4 Å². The Kier molecular flexibility index (Phi) is 3.68. The fourth-order valence-corrected chi connectivity index (χ4v) is 2.49. The SMILES string of the molecule is COCCn1cc(C(=O)NC2CC2)c2cc(Cl)ccc21. The average Bonchev–Trinajstić information content (AvgIpc) is 3.16. The van der Waals surface area contributed by atoms with Crippen LogP contribution in [0, 0.1) is 0 Å². The van der Waals surface area contributed by atoms with E-state index in [0.29, 0.717) is 29.8 Å². The van der Waals surface area contributed by atoms with Crippen LogP contribution < -0.4 is 5.32 Å². The smallest absolute Gasteiger partial charge is 0.253 e. The van der Waals surface area contributed by atoms with Crippen molar-refractivity contribution in [1.82, 2.24) is 9.88 Å². The number of hydrogen-bond acceptors (Lipinski definition) is 2. The van der Waals surface area contributed by atoms with E-state index in [1.54, 1.807) is 7.11 Å². The van der Waals surface area contributed by atoms with E-state index < -0.39 is 0 Å². The van der Waals surface area contributed by atoms with Crippen molar-refractivity contribution in [3.63, 3.8) is 0 Å². The standard InChI is InChI=1S/C15H17ClN2O2/c1-20-7-6-18-9-13(15(19)17-11-3-4-11)12-8-10(16)2-5-14(12)18/h2,5,8-9,11H,3-4,6-7H2,1H3,(H,17,19). The molecule has 0 atom stereocenters. The predicted octanol–water partition coefficient (Wildman–Crippen LogP) is 2.83. The van der Waals surface area contributed by atoms with Crippen molar-refractivity contribution in [2.24, 2.45) is 0 Å². The van der Waals surface area contributed by atoms with Gasteiger partial charge in [0.1, 0.15) is 0 Å². The van der Waals surface area contributed by atoms with E-state index in [-0.39, 0.29) is 5.91 Å². The molecule has 1 amide bonds. The molecule has 1 N–H and O–H groups in total. The van der Waals surface area contributed by atoms with E-state index in [0.717, 1.165) is 23.7 Å². The zero-order valence-electron chi connectivity index (χ0n) is 11.4. The van der Waals surface area contributed by atoms with Gasteiger partial charge in [0.2, 0.25) is 0 Å². The van der Waals surface area contributed by atoms with Crippen LogP contribution in [-0.2, 0) is 11.3 Å². The molecular weight excluding hydrogens is 276 g/mol. The number of ether oxygens (including phenoxy) is 1. The third kappa shape index (κ3) is 2.67. The molecule has 1 aromatic heterocycles. The molecular formula is C15H17ClN2O2. The third-order valence-electron chi connectivity index (χ3n) is 3.54. The molecule has 1 fully saturated rings. The van der Waals surface area contributed by atoms with Crippen LogP contribution in [0.3, 0.4) is 0 Å². The molecule has 20 heavy (non-hydrogen) atoms. The first kappa shape index (κ1) is 13.5. The second-order valence-corrected chi connectivity index (χ2v) is 5.57. The Labute approximate surface area is 122 Å². The van der Waals surface area contributed by atoms with E-state index in [9.17, 15) is 4.79 Å². The largest absolute Gasteiger partial charge is 0.383 e. The van der Waals surface area contributed by atoms with Gasteiger partial charge in [0.05, 0.1) is 12.2 Å². The normalized spacial score (nSPS) is 14.7. The van der Waals surface area contributed by atoms with Crippen LogP contribution in [0.4, 0.5) is 0 Å². The summed E-state index contributed by atoms with van der Waals surface area (Å²) in [5.41, 5.74) is 1.69. The van der Waals surface area contributed by atoms with Crippen LogP contribution in [0.5, 0.6) is 0 Å². The number of methoxy groups -OCH3 is 1. The highest BCUT2D eigenvalue weighted by atomic mass is 35.5. The minimum atomic E-state index is -0.0177. The lowest BCUT2D eigenvalue weighted by molar-refractivity contribution is 0.0952. The quantitative estimate of drug-likeness (QED) is 0.921. The number of rotatable bonds is 5. The zero-order valence-corrected chi connectivity index (χ0v) is 12.1. The Balaban J connectivity index is 2.00. The van der Waals surface area contributed by atoms with Crippen molar-refractivity contribution in [3.05, 3.63) is 35.0 Å². The first-order valence-electron chi connectivity index (χ1n) is 6.77. The molecule has 0 unspecified atom stereocenters. The summed E-state index contributed by atoms with van der Waals surface area (Å²) in [6.45, 7) is 1.32. The van der Waals surface area contributed by atoms with E-state index in [2.05, 4.69) is 5.32 Å². The Bertz CT molecular complexity index is 647. The van der Waals surface area contributed by atoms with E-state index in [1.807, 2.05) is 29.0 Å². The molecule has 0 saturated heterocycles. The fraction of sp³-hybridized carbons (Fsp3) is 0.400. The first-order valence-corrected chi connectivity index (χ1v) is 7.15. The minimum absolute atomic E-state index is 0.0177. The minimum Gasteiger partial charge on any atom is -0.383 e. The summed E-state index contributed by atoms with van der Waals surface area (Å²) in [5, 5.41) is 4.56. The highest BCUT2D eigenvalue weighted by molar-refractivity contribution is 6.31. The molecule has 0 radical (unpaired) electrons. The maximum atomic E-state index is 12.3. The maximum absolute atomic E-state index is 12.3. The molecule has 1 aliphatic rings. The molecule has 0 aliphatic heterocycles. The lowest BCUT2D eigenvalue weighted by Gasteiger charge is -2.03. The lowest BCUT2D eigenvalue weighted by atomic mass is 10.1. The van der Waals surface area contributed by atoms with Crippen molar-refractivity contribution in [1.29, 1.82) is 0 Å². The van der Waals surface area contributed by atoms with E-state index in [1.165, 1.54) is 0 Å². The summed E-state index contributed by atoms with van der Waals surface area (Å²) in [6.07, 6.45) is 4.04. The number of halogens is 1. The summed E-state index contributed by atoms with van der Waals surface area (Å²) in [6, 6.07) is 5.98. The van der Waals surface area contributed by atoms with Crippen LogP contribution in [0.15, 0.2) is 24.4 Å². The topological polar surface area (TPSA) is 43.3 Å². The van der Waals surface area contributed by atoms with Gasteiger partial charge in [0.15, 0.2) is 0 Å². The molecule has 1 aromatic carbocycles. The number of aromatic nitrogens is 1. The summed E-state index contributed by atoms with van der Waals surface area (Å²) >= 11 is 6.06. The highest BCUT2D eigenvalue weighted by Gasteiger charge is 2.25. The van der Waals surface area contributed by atoms with Gasteiger partial charge >= 0.3 is 0 Å². The summed E-state index contributed by atoms with van der Waals surface area (Å²) in [5.74, 6) is -0.0177. The Hall–Kier alpha value is -1.52. The Morgan fingerprint density at radius 1 is 1.50 bits per heavy atom. The molecule has 1 aliphatic carbocycles. The second kappa shape index (κ2) is 5.46. The number of nitrogens with one attached hydrogen (secondary N) is 1. The monoisotopic (exact) mass is 292 g/mol. The van der Waals surface area contributed by atoms with Gasteiger partial charge in [-0.1, -0.05) is 11.6 Å². The van der Waals surface area contributed by atoms with E-state index >= 15 is 0 Å². The highest BCUT2D eigenvalue weighted by Crippen LogP contribution is 2.26. The number of carbonyl (C=O) groups excluding carboxylic acids is 1. The first-order chi connectivity index (χ1) is 9.69. The lowest BCUT2D eigenvalue weighted by Crippen LogP contribution is -2.25. The molecule has 2 aromatic rings. The van der Waals surface area contributed by atoms with Gasteiger partial charge in [-0.05, 0) is 31.0 Å². The summed E-state index contributed by atoms with van der Waals surface area (Å²) in [4.78, 5) is 12.3. The van der Waals surface area contributed by atoms with Crippen LogP contribution in [0.1, 0.15) is 23.2 Å². The number of amides is 1. The zero-order chi connectivity index (χ0) is 14.1. The fourth-order valence-electron chi connectivity index (χ4n) is 2.32. The molecule has 106 valence electrons. The van der Waals surface area contributed by atoms with Crippen molar-refractivity contribution in [2.45, 2.75) is 25.4 Å². The number of nitrogens with zero attached hydrogens (tertiary/aromatic N) is 1. The Morgan fingerprint density at radius 3 is 3.00 bits per heavy atom. The maximum Gasteiger partial charge on any atom is 0.253 e. The van der Waals surface area contributed by atoms with Gasteiger partial charge in [-0.25, -0.2) is 0 Å². The van der Waals surface area contributed by atoms with Crippen molar-refractivity contribution < 1.29 is 9.53 Å². The molecule has 1 saturated carbocycles. The number of fused-ring (bicyclic) bond motifs is 1. The second-order valence-electron chi connectivity index (χ2n) is 5.14. The number of carbonyl (C=O) groups is 1. The van der Waals surface area contributed by atoms with Gasteiger partial charge in [-0.2, -0.15) is 0 Å². The molecule has 5 heteroatoms. The van der Waals surface area contributed by atoms with Crippen molar-refractivity contribution in [2.75, 3.05) is 13.7 Å². The predicted molar refractivity (Wildman–Crippen MR) is 79.3 cm³/mol. The Morgan fingerprint density at radius 2 is 2.30 bits per heavy atom. The van der Waals surface area contributed by atoms with Gasteiger partial charge in [-0.15, -0.1) is 0 Å². The van der Waals surface area contributed by atoms with Crippen LogP contribution in [-0.4, -0.2) is 30.2 Å². The van der Waals surface area contributed by atoms with Crippen molar-refractivity contribution in [3.8, 4) is 0 Å². The van der Waals surface area contributed by atoms with E-state index in [4.69, 9.17) is 16.3 Å². The van der Waals surface area contributed by atoms with Crippen LogP contribution in [0.2, 0.25) is 5.02 Å². The van der Waals surface area contributed by atoms with Gasteiger partial charge in [-0.3, -0.25) is 4.79 Å². The average molecular weight is 293 g/mol.